The molecule has 2 atom stereocenters. The molecule has 2 aliphatic heterocycles. The molecule has 2 aromatic rings. The standard InChI is InChI=1S/C23H28N4O3/c1-16-14-27(15-17(2)30-16)21-10-7-19(13-24-21)22(28)25-20-8-5-18(6-9-20)23(29)26-11-3-4-12-26/h5-10,13,16-17H,3-4,11-12,14-15H2,1-2H3,(H,25,28). The second kappa shape index (κ2) is 8.83. The van der Waals surface area contributed by atoms with Crippen LogP contribution in [0.15, 0.2) is 42.6 Å². The van der Waals surface area contributed by atoms with Crippen molar-refractivity contribution in [3.8, 4) is 0 Å². The second-order valence-corrected chi connectivity index (χ2v) is 8.10. The van der Waals surface area contributed by atoms with Crippen LogP contribution in [-0.2, 0) is 4.74 Å². The first-order valence-electron chi connectivity index (χ1n) is 10.6. The smallest absolute Gasteiger partial charge is 0.257 e. The number of carbonyl (C=O) groups excluding carboxylic acids is 2. The molecule has 30 heavy (non-hydrogen) atoms. The molecule has 0 radical (unpaired) electrons. The highest BCUT2D eigenvalue weighted by Crippen LogP contribution is 2.19. The van der Waals surface area contributed by atoms with Crippen LogP contribution in [0.2, 0.25) is 0 Å². The molecule has 2 saturated heterocycles. The fourth-order valence-corrected chi connectivity index (χ4v) is 4.07. The molecule has 2 aliphatic rings. The van der Waals surface area contributed by atoms with Gasteiger partial charge in [-0.3, -0.25) is 9.59 Å². The number of benzene rings is 1. The van der Waals surface area contributed by atoms with Gasteiger partial charge in [-0.1, -0.05) is 0 Å². The first kappa shape index (κ1) is 20.3. The molecule has 3 heterocycles. The first-order chi connectivity index (χ1) is 14.5. The normalized spacial score (nSPS) is 21.5. The van der Waals surface area contributed by atoms with Gasteiger partial charge in [-0.05, 0) is 63.1 Å². The number of morpholine rings is 1. The number of nitrogens with zero attached hydrogens (tertiary/aromatic N) is 3. The average Bonchev–Trinajstić information content (AvgIpc) is 3.28. The number of hydrogen-bond donors (Lipinski definition) is 1. The van der Waals surface area contributed by atoms with Crippen LogP contribution >= 0.6 is 0 Å². The highest BCUT2D eigenvalue weighted by atomic mass is 16.5. The predicted molar refractivity (Wildman–Crippen MR) is 116 cm³/mol. The maximum Gasteiger partial charge on any atom is 0.257 e. The summed E-state index contributed by atoms with van der Waals surface area (Å²) in [5, 5.41) is 2.87. The summed E-state index contributed by atoms with van der Waals surface area (Å²) in [5.74, 6) is 0.673. The Morgan fingerprint density at radius 3 is 2.20 bits per heavy atom. The van der Waals surface area contributed by atoms with E-state index < -0.39 is 0 Å². The number of aromatic nitrogens is 1. The molecular weight excluding hydrogens is 380 g/mol. The quantitative estimate of drug-likeness (QED) is 0.841. The highest BCUT2D eigenvalue weighted by Gasteiger charge is 2.23. The van der Waals surface area contributed by atoms with E-state index in [1.807, 2.05) is 11.0 Å². The molecule has 1 aromatic heterocycles. The van der Waals surface area contributed by atoms with E-state index in [0.29, 0.717) is 16.8 Å². The van der Waals surface area contributed by atoms with Gasteiger partial charge in [0.05, 0.1) is 17.8 Å². The molecule has 2 unspecified atom stereocenters. The molecule has 0 spiro atoms. The number of anilines is 2. The summed E-state index contributed by atoms with van der Waals surface area (Å²) >= 11 is 0. The van der Waals surface area contributed by atoms with E-state index in [4.69, 9.17) is 4.74 Å². The Bertz CT molecular complexity index is 882. The number of ether oxygens (including phenoxy) is 1. The Hall–Kier alpha value is -2.93. The molecule has 1 aromatic carbocycles. The van der Waals surface area contributed by atoms with Crippen molar-refractivity contribution >= 4 is 23.3 Å². The second-order valence-electron chi connectivity index (χ2n) is 8.10. The van der Waals surface area contributed by atoms with Crippen LogP contribution in [0.3, 0.4) is 0 Å². The Balaban J connectivity index is 1.37. The van der Waals surface area contributed by atoms with Gasteiger partial charge < -0.3 is 19.9 Å². The van der Waals surface area contributed by atoms with Gasteiger partial charge in [0.25, 0.3) is 11.8 Å². The Morgan fingerprint density at radius 2 is 1.60 bits per heavy atom. The lowest BCUT2D eigenvalue weighted by Crippen LogP contribution is -2.45. The summed E-state index contributed by atoms with van der Waals surface area (Å²) in [4.78, 5) is 33.5. The summed E-state index contributed by atoms with van der Waals surface area (Å²) in [6.07, 6.45) is 4.03. The third-order valence-corrected chi connectivity index (χ3v) is 5.54. The molecule has 2 amide bonds. The summed E-state index contributed by atoms with van der Waals surface area (Å²) in [6, 6.07) is 10.7. The lowest BCUT2D eigenvalue weighted by atomic mass is 10.1. The number of amides is 2. The monoisotopic (exact) mass is 408 g/mol. The maximum atomic E-state index is 12.6. The number of pyridine rings is 1. The van der Waals surface area contributed by atoms with Gasteiger partial charge in [0, 0.05) is 43.6 Å². The lowest BCUT2D eigenvalue weighted by Gasteiger charge is -2.36. The largest absolute Gasteiger partial charge is 0.372 e. The Morgan fingerprint density at radius 1 is 0.967 bits per heavy atom. The van der Waals surface area contributed by atoms with Crippen LogP contribution in [0.25, 0.3) is 0 Å². The summed E-state index contributed by atoms with van der Waals surface area (Å²) < 4.78 is 5.76. The van der Waals surface area contributed by atoms with Crippen LogP contribution in [0.1, 0.15) is 47.4 Å². The molecule has 7 nitrogen and oxygen atoms in total. The fraction of sp³-hybridized carbons (Fsp3) is 0.435. The van der Waals surface area contributed by atoms with Crippen molar-refractivity contribution in [3.63, 3.8) is 0 Å². The zero-order valence-corrected chi connectivity index (χ0v) is 17.5. The number of hydrogen-bond acceptors (Lipinski definition) is 5. The molecule has 1 N–H and O–H groups in total. The fourth-order valence-electron chi connectivity index (χ4n) is 4.07. The van der Waals surface area contributed by atoms with Gasteiger partial charge in [0.15, 0.2) is 0 Å². The third kappa shape index (κ3) is 4.62. The van der Waals surface area contributed by atoms with Crippen molar-refractivity contribution in [2.24, 2.45) is 0 Å². The van der Waals surface area contributed by atoms with E-state index in [0.717, 1.165) is 44.8 Å². The van der Waals surface area contributed by atoms with Crippen LogP contribution in [0.4, 0.5) is 11.5 Å². The molecule has 7 heteroatoms. The van der Waals surface area contributed by atoms with Gasteiger partial charge in [-0.2, -0.15) is 0 Å². The molecule has 158 valence electrons. The van der Waals surface area contributed by atoms with Gasteiger partial charge in [0.1, 0.15) is 5.82 Å². The van der Waals surface area contributed by atoms with E-state index in [2.05, 4.69) is 29.0 Å². The minimum atomic E-state index is -0.226. The molecule has 0 saturated carbocycles. The van der Waals surface area contributed by atoms with E-state index >= 15 is 0 Å². The van der Waals surface area contributed by atoms with Crippen molar-refractivity contribution in [3.05, 3.63) is 53.7 Å². The summed E-state index contributed by atoms with van der Waals surface area (Å²) in [7, 11) is 0. The van der Waals surface area contributed by atoms with Crippen LogP contribution < -0.4 is 10.2 Å². The number of nitrogens with one attached hydrogen (secondary N) is 1. The summed E-state index contributed by atoms with van der Waals surface area (Å²) in [5.41, 5.74) is 1.79. The Kier molecular flexibility index (Phi) is 5.99. The van der Waals surface area contributed by atoms with Gasteiger partial charge in [-0.15, -0.1) is 0 Å². The topological polar surface area (TPSA) is 74.8 Å². The Labute approximate surface area is 177 Å². The van der Waals surface area contributed by atoms with Gasteiger partial charge >= 0.3 is 0 Å². The van der Waals surface area contributed by atoms with Crippen LogP contribution in [-0.4, -0.2) is 60.1 Å². The van der Waals surface area contributed by atoms with Gasteiger partial charge in [-0.25, -0.2) is 4.98 Å². The van der Waals surface area contributed by atoms with Crippen molar-refractivity contribution in [1.29, 1.82) is 0 Å². The number of likely N-dealkylation sites (tertiary alicyclic amines) is 1. The number of carbonyl (C=O) groups is 2. The minimum Gasteiger partial charge on any atom is -0.372 e. The predicted octanol–water partition coefficient (Wildman–Crippen LogP) is 3.18. The van der Waals surface area contributed by atoms with Crippen LogP contribution in [0.5, 0.6) is 0 Å². The number of rotatable bonds is 4. The van der Waals surface area contributed by atoms with Gasteiger partial charge in [0.2, 0.25) is 0 Å². The van der Waals surface area contributed by atoms with Crippen molar-refractivity contribution < 1.29 is 14.3 Å². The zero-order valence-electron chi connectivity index (χ0n) is 17.5. The minimum absolute atomic E-state index is 0.0527. The summed E-state index contributed by atoms with van der Waals surface area (Å²) in [6.45, 7) is 7.31. The van der Waals surface area contributed by atoms with Crippen molar-refractivity contribution in [1.82, 2.24) is 9.88 Å². The molecule has 0 bridgehead atoms. The van der Waals surface area contributed by atoms with E-state index in [9.17, 15) is 9.59 Å². The van der Waals surface area contributed by atoms with Crippen molar-refractivity contribution in [2.45, 2.75) is 38.9 Å². The van der Waals surface area contributed by atoms with Crippen LogP contribution in [0, 0.1) is 0 Å². The molecule has 0 aliphatic carbocycles. The first-order valence-corrected chi connectivity index (χ1v) is 10.6. The molecule has 2 fully saturated rings. The average molecular weight is 409 g/mol. The SMILES string of the molecule is CC1CN(c2ccc(C(=O)Nc3ccc(C(=O)N4CCCC4)cc3)cn2)CC(C)O1. The molecular formula is C23H28N4O3. The van der Waals surface area contributed by atoms with Crippen molar-refractivity contribution in [2.75, 3.05) is 36.4 Å². The third-order valence-electron chi connectivity index (χ3n) is 5.54. The van der Waals surface area contributed by atoms with E-state index in [1.165, 1.54) is 0 Å². The van der Waals surface area contributed by atoms with E-state index in [1.54, 1.807) is 36.5 Å². The van der Waals surface area contributed by atoms with E-state index in [-0.39, 0.29) is 24.0 Å². The maximum absolute atomic E-state index is 12.6. The highest BCUT2D eigenvalue weighted by molar-refractivity contribution is 6.04. The molecule has 4 rings (SSSR count). The lowest BCUT2D eigenvalue weighted by molar-refractivity contribution is -0.00546. The zero-order chi connectivity index (χ0) is 21.1.